The Balaban J connectivity index is 1.60. The van der Waals surface area contributed by atoms with E-state index in [1.165, 1.54) is 23.1 Å². The van der Waals surface area contributed by atoms with E-state index in [1.807, 2.05) is 60.0 Å². The minimum Gasteiger partial charge on any atom is -0.337 e. The van der Waals surface area contributed by atoms with Crippen molar-refractivity contribution in [2.45, 2.75) is 5.03 Å². The number of anilines is 1. The summed E-state index contributed by atoms with van der Waals surface area (Å²) in [6, 6.07) is 17.4. The largest absolute Gasteiger partial charge is 0.337 e. The molecule has 0 unspecified atom stereocenters. The molecular formula is C20H15ClN4OS2. The topological polar surface area (TPSA) is 70.7 Å². The van der Waals surface area contributed by atoms with Crippen LogP contribution in [0.15, 0.2) is 71.2 Å². The Bertz CT molecular complexity index is 1080. The Kier molecular flexibility index (Phi) is 5.76. The van der Waals surface area contributed by atoms with E-state index in [0.717, 1.165) is 21.8 Å². The number of nitrogens with zero attached hydrogens (tertiary/aromatic N) is 2. The van der Waals surface area contributed by atoms with Gasteiger partial charge in [0.15, 0.2) is 5.13 Å². The number of aromatic amines is 1. The van der Waals surface area contributed by atoms with Crippen LogP contribution in [0.1, 0.15) is 0 Å². The van der Waals surface area contributed by atoms with Crippen LogP contribution < -0.4 is 5.32 Å². The predicted octanol–water partition coefficient (Wildman–Crippen LogP) is 5.58. The fourth-order valence-electron chi connectivity index (χ4n) is 2.61. The van der Waals surface area contributed by atoms with Gasteiger partial charge in [0.25, 0.3) is 0 Å². The number of rotatable bonds is 6. The molecule has 0 aliphatic heterocycles. The second-order valence-electron chi connectivity index (χ2n) is 5.82. The molecular weight excluding hydrogens is 412 g/mol. The zero-order valence-electron chi connectivity index (χ0n) is 14.6. The first-order chi connectivity index (χ1) is 13.7. The van der Waals surface area contributed by atoms with E-state index < -0.39 is 0 Å². The van der Waals surface area contributed by atoms with Gasteiger partial charge in [-0.3, -0.25) is 4.79 Å². The molecule has 0 radical (unpaired) electrons. The Morgan fingerprint density at radius 2 is 1.96 bits per heavy atom. The molecule has 0 bridgehead atoms. The summed E-state index contributed by atoms with van der Waals surface area (Å²) in [4.78, 5) is 24.4. The molecule has 140 valence electrons. The van der Waals surface area contributed by atoms with Crippen molar-refractivity contribution in [3.63, 3.8) is 0 Å². The third kappa shape index (κ3) is 4.44. The highest BCUT2D eigenvalue weighted by atomic mass is 35.5. The summed E-state index contributed by atoms with van der Waals surface area (Å²) in [6.07, 6.45) is 1.66. The molecule has 4 rings (SSSR count). The summed E-state index contributed by atoms with van der Waals surface area (Å²) in [5.74, 6) is 0.828. The van der Waals surface area contributed by atoms with E-state index in [1.54, 1.807) is 6.20 Å². The number of amides is 1. The van der Waals surface area contributed by atoms with Crippen LogP contribution >= 0.6 is 34.7 Å². The molecule has 0 aliphatic carbocycles. The lowest BCUT2D eigenvalue weighted by Crippen LogP contribution is -2.13. The summed E-state index contributed by atoms with van der Waals surface area (Å²) >= 11 is 8.89. The highest BCUT2D eigenvalue weighted by Gasteiger charge is 2.16. The number of benzene rings is 2. The summed E-state index contributed by atoms with van der Waals surface area (Å²) in [7, 11) is 0. The SMILES string of the molecule is O=C(CSc1nc(-c2cccc(Cl)c2)[nH]c1-c1ccccc1)Nc1nccs1. The first kappa shape index (κ1) is 18.7. The number of aromatic nitrogens is 3. The molecule has 0 atom stereocenters. The summed E-state index contributed by atoms with van der Waals surface area (Å²) in [5, 5.41) is 6.61. The number of imidazole rings is 1. The molecule has 0 saturated carbocycles. The Labute approximate surface area is 175 Å². The molecule has 5 nitrogen and oxygen atoms in total. The standard InChI is InChI=1S/C20H15ClN4OS2/c21-15-8-4-7-14(11-15)18-24-17(13-5-2-1-3-6-13)19(25-18)28-12-16(26)23-20-22-9-10-27-20/h1-11H,12H2,(H,24,25)(H,22,23,26). The minimum absolute atomic E-state index is 0.119. The number of thioether (sulfide) groups is 1. The van der Waals surface area contributed by atoms with Gasteiger partial charge in [-0.05, 0) is 12.1 Å². The Morgan fingerprint density at radius 1 is 1.14 bits per heavy atom. The van der Waals surface area contributed by atoms with Gasteiger partial charge in [-0.15, -0.1) is 11.3 Å². The maximum atomic E-state index is 12.2. The van der Waals surface area contributed by atoms with E-state index >= 15 is 0 Å². The molecule has 0 saturated heterocycles. The van der Waals surface area contributed by atoms with Crippen LogP contribution in [0.25, 0.3) is 22.6 Å². The highest BCUT2D eigenvalue weighted by molar-refractivity contribution is 8.00. The van der Waals surface area contributed by atoms with Gasteiger partial charge in [-0.25, -0.2) is 9.97 Å². The van der Waals surface area contributed by atoms with Crippen LogP contribution in [0.2, 0.25) is 5.02 Å². The van der Waals surface area contributed by atoms with Crippen LogP contribution in [0.3, 0.4) is 0 Å². The molecule has 0 fully saturated rings. The van der Waals surface area contributed by atoms with E-state index in [-0.39, 0.29) is 11.7 Å². The maximum absolute atomic E-state index is 12.2. The number of thiazole rings is 1. The zero-order valence-corrected chi connectivity index (χ0v) is 16.9. The molecule has 1 amide bonds. The Morgan fingerprint density at radius 3 is 2.71 bits per heavy atom. The average molecular weight is 427 g/mol. The Hall–Kier alpha value is -2.61. The van der Waals surface area contributed by atoms with Crippen LogP contribution in [0.5, 0.6) is 0 Å². The van der Waals surface area contributed by atoms with Gasteiger partial charge in [0.1, 0.15) is 10.9 Å². The van der Waals surface area contributed by atoms with Gasteiger partial charge < -0.3 is 10.3 Å². The van der Waals surface area contributed by atoms with Crippen molar-refractivity contribution in [3.8, 4) is 22.6 Å². The fraction of sp³-hybridized carbons (Fsp3) is 0.0500. The first-order valence-corrected chi connectivity index (χ1v) is 10.7. The minimum atomic E-state index is -0.119. The van der Waals surface area contributed by atoms with Crippen LogP contribution in [-0.2, 0) is 4.79 Å². The molecule has 2 aromatic carbocycles. The second kappa shape index (κ2) is 8.60. The monoisotopic (exact) mass is 426 g/mol. The van der Waals surface area contributed by atoms with Crippen molar-refractivity contribution < 1.29 is 4.79 Å². The lowest BCUT2D eigenvalue weighted by atomic mass is 10.2. The molecule has 8 heteroatoms. The quantitative estimate of drug-likeness (QED) is 0.394. The van der Waals surface area contributed by atoms with Crippen molar-refractivity contribution in [2.75, 3.05) is 11.1 Å². The van der Waals surface area contributed by atoms with E-state index in [0.29, 0.717) is 16.0 Å². The number of carbonyl (C=O) groups is 1. The number of hydrogen-bond acceptors (Lipinski definition) is 5. The lowest BCUT2D eigenvalue weighted by Gasteiger charge is -2.03. The van der Waals surface area contributed by atoms with Crippen LogP contribution in [0, 0.1) is 0 Å². The molecule has 4 aromatic rings. The average Bonchev–Trinajstić information content (AvgIpc) is 3.37. The van der Waals surface area contributed by atoms with Gasteiger partial charge >= 0.3 is 0 Å². The van der Waals surface area contributed by atoms with Crippen molar-refractivity contribution in [3.05, 3.63) is 71.2 Å². The molecule has 2 aromatic heterocycles. The van der Waals surface area contributed by atoms with Crippen LogP contribution in [-0.4, -0.2) is 26.6 Å². The second-order valence-corrected chi connectivity index (χ2v) is 8.11. The number of carbonyl (C=O) groups excluding carboxylic acids is 1. The van der Waals surface area contributed by atoms with E-state index in [2.05, 4.69) is 15.3 Å². The number of halogens is 1. The molecule has 28 heavy (non-hydrogen) atoms. The van der Waals surface area contributed by atoms with Crippen LogP contribution in [0.4, 0.5) is 5.13 Å². The summed E-state index contributed by atoms with van der Waals surface area (Å²) in [6.45, 7) is 0. The predicted molar refractivity (Wildman–Crippen MR) is 116 cm³/mol. The van der Waals surface area contributed by atoms with Gasteiger partial charge in [0, 0.05) is 27.7 Å². The normalized spacial score (nSPS) is 10.8. The number of hydrogen-bond donors (Lipinski definition) is 2. The fourth-order valence-corrected chi connectivity index (χ4v) is 4.15. The number of H-pyrrole nitrogens is 1. The van der Waals surface area contributed by atoms with Gasteiger partial charge in [0.2, 0.25) is 5.91 Å². The van der Waals surface area contributed by atoms with Crippen molar-refractivity contribution in [1.82, 2.24) is 15.0 Å². The van der Waals surface area contributed by atoms with E-state index in [9.17, 15) is 4.79 Å². The summed E-state index contributed by atoms with van der Waals surface area (Å²) in [5.41, 5.74) is 2.78. The lowest BCUT2D eigenvalue weighted by molar-refractivity contribution is -0.113. The molecule has 0 aliphatic rings. The maximum Gasteiger partial charge on any atom is 0.236 e. The van der Waals surface area contributed by atoms with Crippen molar-refractivity contribution in [2.24, 2.45) is 0 Å². The number of nitrogens with one attached hydrogen (secondary N) is 2. The molecule has 2 N–H and O–H groups in total. The third-order valence-electron chi connectivity index (χ3n) is 3.85. The molecule has 0 spiro atoms. The van der Waals surface area contributed by atoms with Gasteiger partial charge in [-0.2, -0.15) is 0 Å². The summed E-state index contributed by atoms with van der Waals surface area (Å²) < 4.78 is 0. The molecule has 2 heterocycles. The van der Waals surface area contributed by atoms with E-state index in [4.69, 9.17) is 16.6 Å². The first-order valence-electron chi connectivity index (χ1n) is 8.42. The third-order valence-corrected chi connectivity index (χ3v) is 5.75. The van der Waals surface area contributed by atoms with Gasteiger partial charge in [-0.1, -0.05) is 65.8 Å². The zero-order chi connectivity index (χ0) is 19.3. The van der Waals surface area contributed by atoms with Crippen molar-refractivity contribution >= 4 is 45.7 Å². The van der Waals surface area contributed by atoms with Crippen molar-refractivity contribution in [1.29, 1.82) is 0 Å². The smallest absolute Gasteiger partial charge is 0.236 e. The highest BCUT2D eigenvalue weighted by Crippen LogP contribution is 2.33. The van der Waals surface area contributed by atoms with Gasteiger partial charge in [0.05, 0.1) is 11.4 Å².